The van der Waals surface area contributed by atoms with E-state index < -0.39 is 16.6 Å². The number of nitrogens with two attached hydrogens (primary N) is 1. The molecule has 0 unspecified atom stereocenters. The van der Waals surface area contributed by atoms with Crippen LogP contribution in [0.1, 0.15) is 21.9 Å². The molecule has 0 bridgehead atoms. The molecule has 0 saturated heterocycles. The van der Waals surface area contributed by atoms with Crippen LogP contribution >= 0.6 is 11.6 Å². The van der Waals surface area contributed by atoms with Crippen molar-refractivity contribution in [3.63, 3.8) is 0 Å². The molecule has 0 aromatic carbocycles. The summed E-state index contributed by atoms with van der Waals surface area (Å²) in [6, 6.07) is 1.62. The third-order valence-electron chi connectivity index (χ3n) is 2.50. The van der Waals surface area contributed by atoms with Crippen molar-refractivity contribution in [1.82, 2.24) is 15.2 Å². The van der Waals surface area contributed by atoms with Gasteiger partial charge in [0.05, 0.1) is 11.3 Å². The van der Waals surface area contributed by atoms with Crippen LogP contribution in [0.5, 0.6) is 0 Å². The molecular weight excluding hydrogens is 290 g/mol. The molecule has 0 atom stereocenters. The van der Waals surface area contributed by atoms with Crippen LogP contribution < -0.4 is 11.3 Å². The van der Waals surface area contributed by atoms with E-state index in [1.54, 1.807) is 13.0 Å². The summed E-state index contributed by atoms with van der Waals surface area (Å²) in [5.74, 6) is 4.51. The smallest absolute Gasteiger partial charge is 0.408 e. The number of rotatable bonds is 4. The van der Waals surface area contributed by atoms with E-state index in [4.69, 9.17) is 21.9 Å². The fourth-order valence-corrected chi connectivity index (χ4v) is 1.89. The molecule has 0 saturated carbocycles. The summed E-state index contributed by atoms with van der Waals surface area (Å²) in [6.07, 6.45) is 1.31. The first-order valence-corrected chi connectivity index (χ1v) is 5.77. The van der Waals surface area contributed by atoms with Crippen LogP contribution in [0.2, 0.25) is 5.02 Å². The first-order valence-electron chi connectivity index (χ1n) is 5.40. The lowest BCUT2D eigenvalue weighted by atomic mass is 10.2. The maximum atomic E-state index is 11.4. The highest BCUT2D eigenvalue weighted by atomic mass is 35.5. The van der Waals surface area contributed by atoms with E-state index in [0.29, 0.717) is 11.3 Å². The monoisotopic (exact) mass is 299 g/mol. The van der Waals surface area contributed by atoms with Gasteiger partial charge in [0, 0.05) is 5.56 Å². The topological polar surface area (TPSA) is 129 Å². The van der Waals surface area contributed by atoms with Crippen LogP contribution in [-0.2, 0) is 6.54 Å². The van der Waals surface area contributed by atoms with Crippen LogP contribution in [0.3, 0.4) is 0 Å². The quantitative estimate of drug-likeness (QED) is 0.375. The summed E-state index contributed by atoms with van der Waals surface area (Å²) >= 11 is 5.68. The van der Waals surface area contributed by atoms with Gasteiger partial charge in [0.2, 0.25) is 0 Å². The molecule has 0 radical (unpaired) electrons. The molecule has 0 aliphatic heterocycles. The Morgan fingerprint density at radius 2 is 2.40 bits per heavy atom. The van der Waals surface area contributed by atoms with Crippen molar-refractivity contribution in [2.75, 3.05) is 0 Å². The minimum absolute atomic E-state index is 0.0711. The van der Waals surface area contributed by atoms with E-state index in [-0.39, 0.29) is 17.3 Å². The minimum atomic E-state index is -0.681. The molecule has 20 heavy (non-hydrogen) atoms. The third kappa shape index (κ3) is 2.63. The number of hydrogen-bond donors (Lipinski definition) is 2. The lowest BCUT2D eigenvalue weighted by molar-refractivity contribution is -0.389. The average Bonchev–Trinajstić information content (AvgIpc) is 2.92. The summed E-state index contributed by atoms with van der Waals surface area (Å²) in [6.45, 7) is 1.78. The van der Waals surface area contributed by atoms with E-state index in [1.807, 2.05) is 5.43 Å². The molecule has 0 aliphatic rings. The second-order valence-corrected chi connectivity index (χ2v) is 4.36. The molecule has 10 heteroatoms. The number of hydrogen-bond acceptors (Lipinski definition) is 6. The van der Waals surface area contributed by atoms with Gasteiger partial charge in [-0.2, -0.15) is 4.68 Å². The predicted octanol–water partition coefficient (Wildman–Crippen LogP) is 0.998. The van der Waals surface area contributed by atoms with Gasteiger partial charge in [-0.15, -0.1) is 0 Å². The average molecular weight is 300 g/mol. The number of nitrogens with zero attached hydrogens (tertiary/aromatic N) is 3. The summed E-state index contributed by atoms with van der Waals surface area (Å²) in [7, 11) is 0. The number of hydrazine groups is 1. The molecule has 1 amide bonds. The van der Waals surface area contributed by atoms with Crippen molar-refractivity contribution in [3.8, 4) is 0 Å². The second kappa shape index (κ2) is 5.31. The first kappa shape index (κ1) is 14.0. The van der Waals surface area contributed by atoms with Crippen molar-refractivity contribution in [2.24, 2.45) is 5.84 Å². The molecule has 2 aromatic rings. The number of carbonyl (C=O) groups excluding carboxylic acids is 1. The molecule has 2 rings (SSSR count). The number of halogens is 1. The molecule has 0 spiro atoms. The third-order valence-corrected chi connectivity index (χ3v) is 2.76. The molecule has 0 fully saturated rings. The molecule has 2 aromatic heterocycles. The van der Waals surface area contributed by atoms with Crippen LogP contribution in [0, 0.1) is 17.0 Å². The summed E-state index contributed by atoms with van der Waals surface area (Å²) in [5.41, 5.74) is 2.56. The van der Waals surface area contributed by atoms with Gasteiger partial charge in [-0.25, -0.2) is 5.84 Å². The number of nitrogens with one attached hydrogen (secondary N) is 1. The van der Waals surface area contributed by atoms with Gasteiger partial charge in [-0.1, -0.05) is 11.6 Å². The number of carbonyl (C=O) groups is 1. The van der Waals surface area contributed by atoms with Crippen LogP contribution in [0.15, 0.2) is 16.7 Å². The number of furan rings is 1. The molecule has 2 heterocycles. The number of amides is 1. The van der Waals surface area contributed by atoms with Gasteiger partial charge in [-0.05, 0) is 17.9 Å². The van der Waals surface area contributed by atoms with Gasteiger partial charge in [0.1, 0.15) is 12.3 Å². The maximum Gasteiger partial charge on any atom is 0.408 e. The van der Waals surface area contributed by atoms with Gasteiger partial charge < -0.3 is 14.5 Å². The highest BCUT2D eigenvalue weighted by molar-refractivity contribution is 6.32. The van der Waals surface area contributed by atoms with Crippen molar-refractivity contribution in [3.05, 3.63) is 44.5 Å². The maximum absolute atomic E-state index is 11.4. The Bertz CT molecular complexity index is 677. The zero-order valence-electron chi connectivity index (χ0n) is 10.3. The van der Waals surface area contributed by atoms with Crippen molar-refractivity contribution >= 4 is 23.3 Å². The Morgan fingerprint density at radius 1 is 1.70 bits per heavy atom. The SMILES string of the molecule is Cc1cc(Cn2cc(Cl)c([N+](=O)[O-])n2)oc1C(=O)NN. The lowest BCUT2D eigenvalue weighted by Crippen LogP contribution is -2.30. The fraction of sp³-hybridized carbons (Fsp3) is 0.200. The van der Waals surface area contributed by atoms with Crippen molar-refractivity contribution in [2.45, 2.75) is 13.5 Å². The molecule has 106 valence electrons. The highest BCUT2D eigenvalue weighted by Gasteiger charge is 2.21. The van der Waals surface area contributed by atoms with E-state index in [2.05, 4.69) is 5.10 Å². The van der Waals surface area contributed by atoms with Crippen LogP contribution in [0.4, 0.5) is 5.82 Å². The van der Waals surface area contributed by atoms with Gasteiger partial charge in [0.15, 0.2) is 10.8 Å². The highest BCUT2D eigenvalue weighted by Crippen LogP contribution is 2.22. The Labute approximate surface area is 117 Å². The normalized spacial score (nSPS) is 10.6. The molecular formula is C10H10ClN5O4. The van der Waals surface area contributed by atoms with E-state index in [0.717, 1.165) is 0 Å². The minimum Gasteiger partial charge on any atom is -0.454 e. The fourth-order valence-electron chi connectivity index (χ4n) is 1.67. The van der Waals surface area contributed by atoms with Crippen LogP contribution in [-0.4, -0.2) is 20.6 Å². The number of nitro groups is 1. The largest absolute Gasteiger partial charge is 0.454 e. The van der Waals surface area contributed by atoms with Crippen molar-refractivity contribution < 1.29 is 14.1 Å². The molecule has 9 nitrogen and oxygen atoms in total. The van der Waals surface area contributed by atoms with Gasteiger partial charge in [-0.3, -0.25) is 10.2 Å². The lowest BCUT2D eigenvalue weighted by Gasteiger charge is -1.95. The number of aromatic nitrogens is 2. The van der Waals surface area contributed by atoms with E-state index >= 15 is 0 Å². The second-order valence-electron chi connectivity index (χ2n) is 3.95. The zero-order valence-corrected chi connectivity index (χ0v) is 11.0. The summed E-state index contributed by atoms with van der Waals surface area (Å²) in [4.78, 5) is 21.3. The van der Waals surface area contributed by atoms with Crippen molar-refractivity contribution in [1.29, 1.82) is 0 Å². The summed E-state index contributed by atoms with van der Waals surface area (Å²) in [5, 5.41) is 14.3. The number of nitrogen functional groups attached to an aromatic ring is 1. The Kier molecular flexibility index (Phi) is 3.72. The first-order chi connectivity index (χ1) is 9.42. The van der Waals surface area contributed by atoms with E-state index in [1.165, 1.54) is 10.9 Å². The molecule has 3 N–H and O–H groups in total. The molecule has 0 aliphatic carbocycles. The summed E-state index contributed by atoms with van der Waals surface area (Å²) < 4.78 is 6.57. The number of aryl methyl sites for hydroxylation is 1. The Hall–Kier alpha value is -2.39. The standard InChI is InChI=1S/C10H10ClN5O4/c1-5-2-6(20-8(5)10(17)13-12)3-15-4-7(11)9(14-15)16(18)19/h2,4H,3,12H2,1H3,(H,13,17). The predicted molar refractivity (Wildman–Crippen MR) is 68.1 cm³/mol. The Balaban J connectivity index is 2.24. The van der Waals surface area contributed by atoms with Gasteiger partial charge in [0.25, 0.3) is 0 Å². The van der Waals surface area contributed by atoms with Gasteiger partial charge >= 0.3 is 11.7 Å². The zero-order chi connectivity index (χ0) is 14.9. The Morgan fingerprint density at radius 3 is 2.95 bits per heavy atom. The van der Waals surface area contributed by atoms with Crippen LogP contribution in [0.25, 0.3) is 0 Å². The van der Waals surface area contributed by atoms with E-state index in [9.17, 15) is 14.9 Å².